The molecule has 1 aliphatic rings. The normalized spacial score (nSPS) is 19.2. The molecule has 6 heteroatoms. The van der Waals surface area contributed by atoms with E-state index in [0.29, 0.717) is 0 Å². The highest BCUT2D eigenvalue weighted by atomic mass is 31.2. The van der Waals surface area contributed by atoms with Gasteiger partial charge in [-0.25, -0.2) is 0 Å². The molecule has 0 saturated carbocycles. The van der Waals surface area contributed by atoms with Gasteiger partial charge in [0.05, 0.1) is 22.7 Å². The van der Waals surface area contributed by atoms with Crippen molar-refractivity contribution >= 4 is 58.9 Å². The van der Waals surface area contributed by atoms with E-state index in [2.05, 4.69) is 47.9 Å². The third kappa shape index (κ3) is 4.37. The highest BCUT2D eigenvalue weighted by Crippen LogP contribution is 2.47. The van der Waals surface area contributed by atoms with E-state index in [9.17, 15) is 9.13 Å². The van der Waals surface area contributed by atoms with Crippen molar-refractivity contribution < 1.29 is 9.13 Å². The Kier molecular flexibility index (Phi) is 6.47. The number of benzene rings is 4. The molecule has 4 nitrogen and oxygen atoms in total. The van der Waals surface area contributed by atoms with Gasteiger partial charge in [0.2, 0.25) is 0 Å². The summed E-state index contributed by atoms with van der Waals surface area (Å²) >= 11 is 0. The van der Waals surface area contributed by atoms with Crippen LogP contribution in [0.2, 0.25) is 0 Å². The first kappa shape index (κ1) is 25.6. The number of fused-ring (bicyclic) bond motifs is 4. The summed E-state index contributed by atoms with van der Waals surface area (Å²) in [5.74, 6) is 0. The summed E-state index contributed by atoms with van der Waals surface area (Å²) in [6.07, 6.45) is 0. The summed E-state index contributed by atoms with van der Waals surface area (Å²) in [7, 11) is -1.44. The van der Waals surface area contributed by atoms with E-state index in [1.165, 1.54) is 0 Å². The van der Waals surface area contributed by atoms with Crippen LogP contribution in [0.1, 0.15) is 22.3 Å². The van der Waals surface area contributed by atoms with Crippen molar-refractivity contribution in [2.45, 2.75) is 27.7 Å². The first-order chi connectivity index (χ1) is 17.5. The Bertz CT molecular complexity index is 1510. The van der Waals surface area contributed by atoms with Gasteiger partial charge in [0.1, 0.15) is 14.9 Å². The molecule has 0 spiro atoms. The minimum Gasteiger partial charge on any atom is -0.343 e. The molecule has 0 N–H and O–H groups in total. The molecule has 0 bridgehead atoms. The van der Waals surface area contributed by atoms with Gasteiger partial charge in [-0.05, 0) is 105 Å². The van der Waals surface area contributed by atoms with Crippen LogP contribution in [0.25, 0.3) is 0 Å². The molecule has 5 rings (SSSR count). The van der Waals surface area contributed by atoms with Gasteiger partial charge in [-0.15, -0.1) is 0 Å². The van der Waals surface area contributed by atoms with E-state index >= 15 is 0 Å². The fourth-order valence-corrected chi connectivity index (χ4v) is 9.27. The van der Waals surface area contributed by atoms with Gasteiger partial charge in [0.15, 0.2) is 0 Å². The average Bonchev–Trinajstić information content (AvgIpc) is 2.86. The van der Waals surface area contributed by atoms with Crippen molar-refractivity contribution in [3.8, 4) is 0 Å². The predicted molar refractivity (Wildman–Crippen MR) is 162 cm³/mol. The number of anilines is 4. The lowest BCUT2D eigenvalue weighted by atomic mass is 10.1. The van der Waals surface area contributed by atoms with Crippen LogP contribution in [0.15, 0.2) is 72.8 Å². The summed E-state index contributed by atoms with van der Waals surface area (Å²) in [6.45, 7) is 10.1. The second kappa shape index (κ2) is 9.35. The Labute approximate surface area is 221 Å². The van der Waals surface area contributed by atoms with Gasteiger partial charge < -0.3 is 18.9 Å². The van der Waals surface area contributed by atoms with Crippen LogP contribution >= 0.6 is 14.9 Å². The van der Waals surface area contributed by atoms with E-state index in [4.69, 9.17) is 0 Å². The van der Waals surface area contributed by atoms with Crippen LogP contribution < -0.4 is 31.0 Å². The maximum absolute atomic E-state index is 14.9. The van der Waals surface area contributed by atoms with E-state index in [1.54, 1.807) is 0 Å². The second-order valence-corrected chi connectivity index (χ2v) is 14.9. The summed E-state index contributed by atoms with van der Waals surface area (Å²) in [6, 6.07) is 24.5. The molecular formula is C31H34N2O2P2. The predicted octanol–water partition coefficient (Wildman–Crippen LogP) is 6.22. The minimum absolute atomic E-state index is 0.802. The van der Waals surface area contributed by atoms with Gasteiger partial charge in [0.25, 0.3) is 0 Å². The first-order valence-corrected chi connectivity index (χ1v) is 16.1. The zero-order valence-electron chi connectivity index (χ0n) is 22.6. The van der Waals surface area contributed by atoms with Crippen molar-refractivity contribution in [1.29, 1.82) is 0 Å². The van der Waals surface area contributed by atoms with Gasteiger partial charge in [-0.2, -0.15) is 0 Å². The summed E-state index contributed by atoms with van der Waals surface area (Å²) in [5, 5.41) is 3.22. The van der Waals surface area contributed by atoms with Crippen molar-refractivity contribution in [2.24, 2.45) is 0 Å². The maximum Gasteiger partial charge on any atom is 0.144 e. The molecule has 190 valence electrons. The number of aryl methyl sites for hydroxylation is 4. The Morgan fingerprint density at radius 1 is 0.568 bits per heavy atom. The molecule has 4 aromatic carbocycles. The zero-order valence-corrected chi connectivity index (χ0v) is 24.5. The van der Waals surface area contributed by atoms with Crippen LogP contribution in [0.3, 0.4) is 0 Å². The Morgan fingerprint density at radius 2 is 0.892 bits per heavy atom. The van der Waals surface area contributed by atoms with E-state index in [1.807, 2.05) is 83.1 Å². The van der Waals surface area contributed by atoms with Gasteiger partial charge in [-0.3, -0.25) is 0 Å². The third-order valence-electron chi connectivity index (χ3n) is 7.42. The van der Waals surface area contributed by atoms with Crippen molar-refractivity contribution in [1.82, 2.24) is 0 Å². The SMILES string of the molecule is Cc1ccc2c(c1)N(C)c1cc(C)ccc1P(C)(=O)c1ccc(C)cc1N(C)c1cc(C)ccc1[PH]2=O. The lowest BCUT2D eigenvalue weighted by Gasteiger charge is -2.32. The number of hydrogen-bond donors (Lipinski definition) is 0. The van der Waals surface area contributed by atoms with Crippen molar-refractivity contribution in [3.63, 3.8) is 0 Å². The number of hydrogen-bond acceptors (Lipinski definition) is 4. The lowest BCUT2D eigenvalue weighted by molar-refractivity contribution is 0.590. The zero-order chi connectivity index (χ0) is 26.6. The van der Waals surface area contributed by atoms with Crippen LogP contribution in [0.5, 0.6) is 0 Å². The molecule has 1 heterocycles. The minimum atomic E-state index is -3.05. The third-order valence-corrected chi connectivity index (χ3v) is 11.8. The van der Waals surface area contributed by atoms with Crippen LogP contribution in [0.4, 0.5) is 22.7 Å². The molecule has 37 heavy (non-hydrogen) atoms. The summed E-state index contributed by atoms with van der Waals surface area (Å²) in [4.78, 5) is 4.16. The van der Waals surface area contributed by atoms with Gasteiger partial charge in [0, 0.05) is 35.3 Å². The second-order valence-electron chi connectivity index (χ2n) is 10.4. The Morgan fingerprint density at radius 3 is 1.27 bits per heavy atom. The molecule has 0 fully saturated rings. The summed E-state index contributed by atoms with van der Waals surface area (Å²) in [5.41, 5.74) is 7.87. The first-order valence-electron chi connectivity index (χ1n) is 12.5. The average molecular weight is 529 g/mol. The topological polar surface area (TPSA) is 40.6 Å². The molecule has 1 aliphatic heterocycles. The molecule has 0 radical (unpaired) electrons. The van der Waals surface area contributed by atoms with Crippen LogP contribution in [-0.2, 0) is 9.13 Å². The molecule has 0 saturated heterocycles. The smallest absolute Gasteiger partial charge is 0.144 e. The Hall–Kier alpha value is -3.06. The van der Waals surface area contributed by atoms with Gasteiger partial charge in [-0.1, -0.05) is 24.3 Å². The lowest BCUT2D eigenvalue weighted by Crippen LogP contribution is -2.30. The monoisotopic (exact) mass is 528 g/mol. The quantitative estimate of drug-likeness (QED) is 0.254. The molecule has 0 aliphatic carbocycles. The maximum atomic E-state index is 14.9. The largest absolute Gasteiger partial charge is 0.343 e. The van der Waals surface area contributed by atoms with Crippen molar-refractivity contribution in [3.05, 3.63) is 95.1 Å². The van der Waals surface area contributed by atoms with Crippen LogP contribution in [-0.4, -0.2) is 20.8 Å². The van der Waals surface area contributed by atoms with Crippen molar-refractivity contribution in [2.75, 3.05) is 30.6 Å². The van der Waals surface area contributed by atoms with E-state index in [0.717, 1.165) is 66.2 Å². The highest BCUT2D eigenvalue weighted by Gasteiger charge is 2.32. The van der Waals surface area contributed by atoms with Crippen LogP contribution in [0, 0.1) is 27.7 Å². The van der Waals surface area contributed by atoms with E-state index < -0.39 is 14.9 Å². The number of nitrogens with zero attached hydrogens (tertiary/aromatic N) is 2. The number of rotatable bonds is 0. The standard InChI is InChI=1S/C31H34N2O2P2/c1-20-8-12-28-24(16-20)32(5)26-18-22(3)10-14-30(26)37(7,35)31-15-11-23(4)19-27(31)33(6)25-17-21(2)9-13-29(25)36(28)34/h8-19,36H,1-7H3. The fourth-order valence-electron chi connectivity index (χ4n) is 5.28. The van der Waals surface area contributed by atoms with E-state index in [-0.39, 0.29) is 0 Å². The molecule has 0 atom stereocenters. The molecule has 0 aromatic heterocycles. The molecule has 0 unspecified atom stereocenters. The summed E-state index contributed by atoms with van der Waals surface area (Å²) < 4.78 is 29.4. The highest BCUT2D eigenvalue weighted by molar-refractivity contribution is 7.78. The molecule has 4 aromatic rings. The molecule has 0 amide bonds. The fraction of sp³-hybridized carbons (Fsp3) is 0.226. The molecular weight excluding hydrogens is 494 g/mol. The van der Waals surface area contributed by atoms with Gasteiger partial charge >= 0.3 is 0 Å². The Balaban J connectivity index is 1.94.